The highest BCUT2D eigenvalue weighted by Crippen LogP contribution is 2.35. The standard InChI is InChI=1S/C23H20ClN3OS2/c1-2-3-13-26-22(28)20(30-23(26)29)14-17-15-27(19-7-5-4-6-8-19)25-21(17)16-9-11-18(24)12-10-16/h4-12,14-15H,2-3,13H2,1H3/b20-14-. The van der Waals surface area contributed by atoms with Gasteiger partial charge in [0.2, 0.25) is 0 Å². The predicted octanol–water partition coefficient (Wildman–Crippen LogP) is 6.19. The van der Waals surface area contributed by atoms with E-state index < -0.39 is 0 Å². The van der Waals surface area contributed by atoms with Crippen molar-refractivity contribution in [2.45, 2.75) is 19.8 Å². The molecule has 2 aromatic carbocycles. The van der Waals surface area contributed by atoms with Crippen molar-refractivity contribution in [2.24, 2.45) is 0 Å². The summed E-state index contributed by atoms with van der Waals surface area (Å²) in [6.45, 7) is 2.76. The van der Waals surface area contributed by atoms with Gasteiger partial charge in [-0.3, -0.25) is 9.69 Å². The fraction of sp³-hybridized carbons (Fsp3) is 0.174. The zero-order chi connectivity index (χ0) is 21.1. The zero-order valence-corrected chi connectivity index (χ0v) is 18.8. The summed E-state index contributed by atoms with van der Waals surface area (Å²) >= 11 is 12.9. The Morgan fingerprint density at radius 3 is 2.57 bits per heavy atom. The molecule has 0 spiro atoms. The third kappa shape index (κ3) is 4.36. The van der Waals surface area contributed by atoms with Gasteiger partial charge in [0.1, 0.15) is 4.32 Å². The quantitative estimate of drug-likeness (QED) is 0.329. The average Bonchev–Trinajstić information content (AvgIpc) is 3.29. The second-order valence-corrected chi connectivity index (χ2v) is 9.02. The molecule has 0 aliphatic carbocycles. The molecule has 4 nitrogen and oxygen atoms in total. The minimum atomic E-state index is -0.0343. The van der Waals surface area contributed by atoms with Gasteiger partial charge in [-0.05, 0) is 36.8 Å². The maximum absolute atomic E-state index is 12.9. The van der Waals surface area contributed by atoms with Crippen molar-refractivity contribution in [3.8, 4) is 16.9 Å². The van der Waals surface area contributed by atoms with Crippen LogP contribution in [0.1, 0.15) is 25.3 Å². The Balaban J connectivity index is 1.76. The summed E-state index contributed by atoms with van der Waals surface area (Å²) in [5, 5.41) is 5.46. The first-order valence-electron chi connectivity index (χ1n) is 9.73. The summed E-state index contributed by atoms with van der Waals surface area (Å²) in [5.74, 6) is -0.0343. The van der Waals surface area contributed by atoms with E-state index in [0.29, 0.717) is 20.8 Å². The second kappa shape index (κ2) is 9.16. The van der Waals surface area contributed by atoms with E-state index in [4.69, 9.17) is 28.9 Å². The molecule has 1 fully saturated rings. The molecule has 1 aromatic heterocycles. The van der Waals surface area contributed by atoms with Gasteiger partial charge in [-0.15, -0.1) is 0 Å². The molecule has 0 unspecified atom stereocenters. The Morgan fingerprint density at radius 1 is 1.13 bits per heavy atom. The van der Waals surface area contributed by atoms with Crippen molar-refractivity contribution >= 4 is 51.9 Å². The van der Waals surface area contributed by atoms with E-state index in [1.807, 2.05) is 71.6 Å². The Bertz CT molecular complexity index is 1110. The Hall–Kier alpha value is -2.41. The minimum Gasteiger partial charge on any atom is -0.293 e. The number of rotatable bonds is 6. The number of para-hydroxylation sites is 1. The van der Waals surface area contributed by atoms with Crippen LogP contribution in [0.15, 0.2) is 65.7 Å². The fourth-order valence-electron chi connectivity index (χ4n) is 3.19. The molecule has 152 valence electrons. The maximum Gasteiger partial charge on any atom is 0.266 e. The number of aromatic nitrogens is 2. The van der Waals surface area contributed by atoms with Crippen molar-refractivity contribution in [2.75, 3.05) is 6.54 Å². The van der Waals surface area contributed by atoms with E-state index in [0.717, 1.165) is 35.3 Å². The summed E-state index contributed by atoms with van der Waals surface area (Å²) in [6, 6.07) is 17.4. The minimum absolute atomic E-state index is 0.0343. The van der Waals surface area contributed by atoms with Crippen molar-refractivity contribution < 1.29 is 4.79 Å². The Morgan fingerprint density at radius 2 is 1.87 bits per heavy atom. The summed E-state index contributed by atoms with van der Waals surface area (Å²) in [5.41, 5.74) is 3.52. The van der Waals surface area contributed by atoms with Gasteiger partial charge in [-0.2, -0.15) is 5.10 Å². The molecule has 0 saturated carbocycles. The second-order valence-electron chi connectivity index (χ2n) is 6.91. The van der Waals surface area contributed by atoms with E-state index in [-0.39, 0.29) is 5.91 Å². The van der Waals surface area contributed by atoms with Gasteiger partial charge < -0.3 is 0 Å². The first-order valence-corrected chi connectivity index (χ1v) is 11.3. The molecule has 1 saturated heterocycles. The smallest absolute Gasteiger partial charge is 0.266 e. The van der Waals surface area contributed by atoms with Crippen molar-refractivity contribution in [1.82, 2.24) is 14.7 Å². The van der Waals surface area contributed by atoms with Crippen LogP contribution in [0, 0.1) is 0 Å². The lowest BCUT2D eigenvalue weighted by molar-refractivity contribution is -0.122. The number of halogens is 1. The van der Waals surface area contributed by atoms with Crippen LogP contribution in [-0.4, -0.2) is 31.5 Å². The molecule has 0 radical (unpaired) electrons. The first kappa shape index (κ1) is 20.8. The lowest BCUT2D eigenvalue weighted by atomic mass is 10.1. The third-order valence-electron chi connectivity index (χ3n) is 4.78. The molecule has 0 bridgehead atoms. The predicted molar refractivity (Wildman–Crippen MR) is 129 cm³/mol. The molecule has 1 aliphatic heterocycles. The molecule has 30 heavy (non-hydrogen) atoms. The summed E-state index contributed by atoms with van der Waals surface area (Å²) in [6.07, 6.45) is 5.78. The fourth-order valence-corrected chi connectivity index (χ4v) is 4.61. The first-order chi connectivity index (χ1) is 14.6. The van der Waals surface area contributed by atoms with Crippen molar-refractivity contribution in [3.05, 3.63) is 76.3 Å². The number of hydrogen-bond acceptors (Lipinski definition) is 4. The lowest BCUT2D eigenvalue weighted by Gasteiger charge is -2.12. The van der Waals surface area contributed by atoms with Gasteiger partial charge in [0, 0.05) is 28.9 Å². The molecule has 3 aromatic rings. The zero-order valence-electron chi connectivity index (χ0n) is 16.4. The van der Waals surface area contributed by atoms with Crippen molar-refractivity contribution in [3.63, 3.8) is 0 Å². The van der Waals surface area contributed by atoms with Crippen LogP contribution in [0.4, 0.5) is 0 Å². The number of hydrogen-bond donors (Lipinski definition) is 0. The van der Waals surface area contributed by atoms with Crippen LogP contribution in [0.2, 0.25) is 5.02 Å². The molecule has 4 rings (SSSR count). The molecule has 0 atom stereocenters. The highest BCUT2D eigenvalue weighted by Gasteiger charge is 2.31. The van der Waals surface area contributed by atoms with Gasteiger partial charge >= 0.3 is 0 Å². The summed E-state index contributed by atoms with van der Waals surface area (Å²) in [7, 11) is 0. The van der Waals surface area contributed by atoms with E-state index in [1.165, 1.54) is 11.8 Å². The van der Waals surface area contributed by atoms with Crippen LogP contribution >= 0.6 is 35.6 Å². The lowest BCUT2D eigenvalue weighted by Crippen LogP contribution is -2.28. The number of nitrogens with zero attached hydrogens (tertiary/aromatic N) is 3. The number of unbranched alkanes of at least 4 members (excludes halogenated alkanes) is 1. The molecule has 0 N–H and O–H groups in total. The highest BCUT2D eigenvalue weighted by molar-refractivity contribution is 8.26. The van der Waals surface area contributed by atoms with Crippen LogP contribution < -0.4 is 0 Å². The molecule has 2 heterocycles. The maximum atomic E-state index is 12.9. The Labute approximate surface area is 190 Å². The molecular formula is C23H20ClN3OS2. The van der Waals surface area contributed by atoms with E-state index in [2.05, 4.69) is 6.92 Å². The normalized spacial score (nSPS) is 15.4. The third-order valence-corrected chi connectivity index (χ3v) is 6.41. The summed E-state index contributed by atoms with van der Waals surface area (Å²) < 4.78 is 2.44. The van der Waals surface area contributed by atoms with Crippen LogP contribution in [0.5, 0.6) is 0 Å². The number of thiocarbonyl (C=S) groups is 1. The number of benzene rings is 2. The van der Waals surface area contributed by atoms with E-state index in [1.54, 1.807) is 4.90 Å². The van der Waals surface area contributed by atoms with Gasteiger partial charge in [0.15, 0.2) is 0 Å². The number of amides is 1. The van der Waals surface area contributed by atoms with Gasteiger partial charge in [0.05, 0.1) is 16.3 Å². The van der Waals surface area contributed by atoms with Crippen LogP contribution in [0.25, 0.3) is 23.0 Å². The van der Waals surface area contributed by atoms with E-state index >= 15 is 0 Å². The van der Waals surface area contributed by atoms with Gasteiger partial charge in [-0.25, -0.2) is 4.68 Å². The Kier molecular flexibility index (Phi) is 6.37. The van der Waals surface area contributed by atoms with Gasteiger partial charge in [0.25, 0.3) is 5.91 Å². The molecule has 7 heteroatoms. The molecule has 1 aliphatic rings. The van der Waals surface area contributed by atoms with Crippen molar-refractivity contribution in [1.29, 1.82) is 0 Å². The number of carbonyl (C=O) groups is 1. The summed E-state index contributed by atoms with van der Waals surface area (Å²) in [4.78, 5) is 15.2. The largest absolute Gasteiger partial charge is 0.293 e. The monoisotopic (exact) mass is 453 g/mol. The highest BCUT2D eigenvalue weighted by atomic mass is 35.5. The topological polar surface area (TPSA) is 38.1 Å². The molecule has 1 amide bonds. The average molecular weight is 454 g/mol. The van der Waals surface area contributed by atoms with Crippen LogP contribution in [0.3, 0.4) is 0 Å². The van der Waals surface area contributed by atoms with E-state index in [9.17, 15) is 4.79 Å². The van der Waals surface area contributed by atoms with Gasteiger partial charge in [-0.1, -0.05) is 79.3 Å². The molecular weight excluding hydrogens is 434 g/mol. The number of carbonyl (C=O) groups excluding carboxylic acids is 1. The van der Waals surface area contributed by atoms with Crippen LogP contribution in [-0.2, 0) is 4.79 Å². The SMILES string of the molecule is CCCCN1C(=O)/C(=C/c2cn(-c3ccccc3)nc2-c2ccc(Cl)cc2)SC1=S. The number of thioether (sulfide) groups is 1.